The first-order valence-corrected chi connectivity index (χ1v) is 8.39. The minimum Gasteiger partial charge on any atom is -0.465 e. The number of carbonyl (C=O) groups is 1. The lowest BCUT2D eigenvalue weighted by molar-refractivity contribution is 0.145. The van der Waals surface area contributed by atoms with Gasteiger partial charge in [-0.25, -0.2) is 18.6 Å². The number of anilines is 1. The maximum absolute atomic E-state index is 14.8. The predicted octanol–water partition coefficient (Wildman–Crippen LogP) is 3.20. The first-order valence-electron chi connectivity index (χ1n) is 8.39. The molecule has 1 aliphatic heterocycles. The Labute approximate surface area is 143 Å². The van der Waals surface area contributed by atoms with Gasteiger partial charge in [0, 0.05) is 18.5 Å². The van der Waals surface area contributed by atoms with Gasteiger partial charge in [-0.2, -0.15) is 0 Å². The topological polar surface area (TPSA) is 65.5 Å². The fourth-order valence-corrected chi connectivity index (χ4v) is 4.25. The molecule has 2 heterocycles. The summed E-state index contributed by atoms with van der Waals surface area (Å²) in [5.41, 5.74) is -0.713. The summed E-state index contributed by atoms with van der Waals surface area (Å²) in [7, 11) is 0. The van der Waals surface area contributed by atoms with Crippen LogP contribution < -0.4 is 10.2 Å². The summed E-state index contributed by atoms with van der Waals surface area (Å²) < 4.78 is 28.0. The average Bonchev–Trinajstić information content (AvgIpc) is 3.08. The highest BCUT2D eigenvalue weighted by molar-refractivity contribution is 5.80. The van der Waals surface area contributed by atoms with Gasteiger partial charge in [0.05, 0.1) is 12.1 Å². The van der Waals surface area contributed by atoms with Gasteiger partial charge in [0.2, 0.25) is 0 Å². The molecule has 3 atom stereocenters. The predicted molar refractivity (Wildman–Crippen MR) is 90.0 cm³/mol. The Bertz CT molecular complexity index is 815. The zero-order valence-corrected chi connectivity index (χ0v) is 13.6. The van der Waals surface area contributed by atoms with E-state index in [9.17, 15) is 13.6 Å². The Morgan fingerprint density at radius 2 is 2.00 bits per heavy atom. The summed E-state index contributed by atoms with van der Waals surface area (Å²) in [6.07, 6.45) is -0.451. The molecule has 2 aromatic rings. The van der Waals surface area contributed by atoms with Gasteiger partial charge in [0.15, 0.2) is 0 Å². The van der Waals surface area contributed by atoms with Crippen molar-refractivity contribution in [2.75, 3.05) is 24.5 Å². The standard InChI is InChI=1S/C18H19F2N3O2/c19-14-2-3-15-11(5-14)1-4-16(22-15)23-8-12-6-18(20,7-13(12)9-23)10-21-17(24)25/h1-5,12-13,21H,6-10H2,(H,24,25)/t12-,13+,18+. The van der Waals surface area contributed by atoms with Crippen molar-refractivity contribution in [2.24, 2.45) is 11.8 Å². The van der Waals surface area contributed by atoms with E-state index in [0.717, 1.165) is 16.7 Å². The Balaban J connectivity index is 1.46. The number of carboxylic acid groups (broad SMARTS) is 1. The number of halogens is 2. The Kier molecular flexibility index (Phi) is 3.74. The second-order valence-electron chi connectivity index (χ2n) is 7.15. The van der Waals surface area contributed by atoms with Crippen LogP contribution in [-0.2, 0) is 0 Å². The molecule has 0 spiro atoms. The van der Waals surface area contributed by atoms with Crippen LogP contribution in [0.25, 0.3) is 10.9 Å². The maximum Gasteiger partial charge on any atom is 0.404 e. The van der Waals surface area contributed by atoms with E-state index < -0.39 is 11.8 Å². The molecule has 5 nitrogen and oxygen atoms in total. The van der Waals surface area contributed by atoms with Gasteiger partial charge < -0.3 is 15.3 Å². The molecular formula is C18H19F2N3O2. The Hall–Kier alpha value is -2.44. The van der Waals surface area contributed by atoms with Crippen LogP contribution in [0.1, 0.15) is 12.8 Å². The summed E-state index contributed by atoms with van der Waals surface area (Å²) >= 11 is 0. The maximum atomic E-state index is 14.8. The van der Waals surface area contributed by atoms with Crippen LogP contribution in [0.15, 0.2) is 30.3 Å². The Morgan fingerprint density at radius 3 is 2.68 bits per heavy atom. The number of hydrogen-bond acceptors (Lipinski definition) is 3. The van der Waals surface area contributed by atoms with Gasteiger partial charge in [0.25, 0.3) is 0 Å². The van der Waals surface area contributed by atoms with Crippen LogP contribution in [0.4, 0.5) is 19.4 Å². The second kappa shape index (κ2) is 5.82. The molecule has 132 valence electrons. The normalized spacial score (nSPS) is 28.3. The molecule has 2 fully saturated rings. The third kappa shape index (κ3) is 3.10. The van der Waals surface area contributed by atoms with Crippen molar-refractivity contribution in [3.05, 3.63) is 36.1 Å². The highest BCUT2D eigenvalue weighted by Gasteiger charge is 2.49. The van der Waals surface area contributed by atoms with E-state index in [1.807, 2.05) is 12.1 Å². The molecular weight excluding hydrogens is 328 g/mol. The van der Waals surface area contributed by atoms with E-state index in [1.165, 1.54) is 12.1 Å². The van der Waals surface area contributed by atoms with Gasteiger partial charge in [0.1, 0.15) is 17.3 Å². The van der Waals surface area contributed by atoms with Crippen LogP contribution in [-0.4, -0.2) is 41.5 Å². The van der Waals surface area contributed by atoms with Crippen LogP contribution in [0.2, 0.25) is 0 Å². The smallest absolute Gasteiger partial charge is 0.404 e. The van der Waals surface area contributed by atoms with Crippen molar-refractivity contribution in [1.29, 1.82) is 0 Å². The third-order valence-electron chi connectivity index (χ3n) is 5.35. The lowest BCUT2D eigenvalue weighted by Gasteiger charge is -2.24. The fraction of sp³-hybridized carbons (Fsp3) is 0.444. The molecule has 4 rings (SSSR count). The van der Waals surface area contributed by atoms with Crippen LogP contribution in [0.3, 0.4) is 0 Å². The molecule has 0 unspecified atom stereocenters. The minimum atomic E-state index is -1.45. The monoisotopic (exact) mass is 347 g/mol. The van der Waals surface area contributed by atoms with Gasteiger partial charge in [-0.1, -0.05) is 0 Å². The summed E-state index contributed by atoms with van der Waals surface area (Å²) in [5.74, 6) is 0.936. The number of fused-ring (bicyclic) bond motifs is 2. The molecule has 2 aliphatic rings. The van der Waals surface area contributed by atoms with Gasteiger partial charge in [-0.05, 0) is 55.0 Å². The molecule has 2 N–H and O–H groups in total. The minimum absolute atomic E-state index is 0.144. The van der Waals surface area contributed by atoms with Crippen LogP contribution in [0.5, 0.6) is 0 Å². The molecule has 1 saturated heterocycles. The van der Waals surface area contributed by atoms with Crippen molar-refractivity contribution in [2.45, 2.75) is 18.5 Å². The van der Waals surface area contributed by atoms with E-state index in [2.05, 4.69) is 15.2 Å². The number of amides is 1. The van der Waals surface area contributed by atoms with Crippen molar-refractivity contribution in [3.8, 4) is 0 Å². The van der Waals surface area contributed by atoms with E-state index in [4.69, 9.17) is 5.11 Å². The van der Waals surface area contributed by atoms with Crippen molar-refractivity contribution in [1.82, 2.24) is 10.3 Å². The molecule has 1 aromatic heterocycles. The SMILES string of the molecule is O=C(O)NC[C@@]1(F)C[C@H]2CN(c3ccc4cc(F)ccc4n3)C[C@H]2C1. The lowest BCUT2D eigenvalue weighted by Crippen LogP contribution is -2.38. The number of nitrogens with one attached hydrogen (secondary N) is 1. The first-order chi connectivity index (χ1) is 11.9. The second-order valence-corrected chi connectivity index (χ2v) is 7.15. The first kappa shape index (κ1) is 16.1. The molecule has 1 saturated carbocycles. The molecule has 25 heavy (non-hydrogen) atoms. The molecule has 1 aromatic carbocycles. The zero-order valence-electron chi connectivity index (χ0n) is 13.6. The summed E-state index contributed by atoms with van der Waals surface area (Å²) in [6, 6.07) is 8.24. The number of benzene rings is 1. The van der Waals surface area contributed by atoms with Gasteiger partial charge >= 0.3 is 6.09 Å². The van der Waals surface area contributed by atoms with Crippen molar-refractivity contribution in [3.63, 3.8) is 0 Å². The van der Waals surface area contributed by atoms with Crippen molar-refractivity contribution < 1.29 is 18.7 Å². The van der Waals surface area contributed by atoms with Crippen molar-refractivity contribution >= 4 is 22.8 Å². The van der Waals surface area contributed by atoms with Gasteiger partial charge in [-0.15, -0.1) is 0 Å². The number of rotatable bonds is 3. The number of hydrogen-bond donors (Lipinski definition) is 2. The molecule has 1 aliphatic carbocycles. The number of aromatic nitrogens is 1. The number of pyridine rings is 1. The van der Waals surface area contributed by atoms with Gasteiger partial charge in [-0.3, -0.25) is 0 Å². The van der Waals surface area contributed by atoms with Crippen LogP contribution >= 0.6 is 0 Å². The number of nitrogens with zero attached hydrogens (tertiary/aromatic N) is 2. The fourth-order valence-electron chi connectivity index (χ4n) is 4.25. The van der Waals surface area contributed by atoms with Crippen LogP contribution in [0, 0.1) is 17.7 Å². The van der Waals surface area contributed by atoms with E-state index >= 15 is 0 Å². The summed E-state index contributed by atoms with van der Waals surface area (Å²) in [6.45, 7) is 1.28. The lowest BCUT2D eigenvalue weighted by atomic mass is 10.0. The highest BCUT2D eigenvalue weighted by atomic mass is 19.1. The average molecular weight is 347 g/mol. The summed E-state index contributed by atoms with van der Waals surface area (Å²) in [4.78, 5) is 17.3. The van der Waals surface area contributed by atoms with E-state index in [1.54, 1.807) is 6.07 Å². The zero-order chi connectivity index (χ0) is 17.6. The Morgan fingerprint density at radius 1 is 1.28 bits per heavy atom. The van der Waals surface area contributed by atoms with E-state index in [-0.39, 0.29) is 24.2 Å². The molecule has 0 radical (unpaired) electrons. The summed E-state index contributed by atoms with van der Waals surface area (Å²) in [5, 5.41) is 11.6. The molecule has 7 heteroatoms. The molecule has 0 bridgehead atoms. The van der Waals surface area contributed by atoms with E-state index in [0.29, 0.717) is 25.9 Å². The number of alkyl halides is 1. The largest absolute Gasteiger partial charge is 0.465 e. The molecule has 1 amide bonds. The third-order valence-corrected chi connectivity index (χ3v) is 5.35. The highest BCUT2D eigenvalue weighted by Crippen LogP contribution is 2.46. The quantitative estimate of drug-likeness (QED) is 0.895.